The third kappa shape index (κ3) is 3.87. The summed E-state index contributed by atoms with van der Waals surface area (Å²) in [5, 5.41) is 2.66. The number of carbonyl (C=O) groups excluding carboxylic acids is 1. The Morgan fingerprint density at radius 2 is 2.50 bits per heavy atom. The lowest BCUT2D eigenvalue weighted by Crippen LogP contribution is -2.20. The number of amides is 1. The van der Waals surface area contributed by atoms with Crippen LogP contribution in [0.3, 0.4) is 0 Å². The highest BCUT2D eigenvalue weighted by molar-refractivity contribution is 9.10. The van der Waals surface area contributed by atoms with Crippen LogP contribution >= 0.6 is 15.9 Å². The molecular formula is C10H13BrN2O. The summed E-state index contributed by atoms with van der Waals surface area (Å²) in [4.78, 5) is 14.3. The van der Waals surface area contributed by atoms with Gasteiger partial charge in [-0.05, 0) is 24.5 Å². The number of nitrogens with zero attached hydrogens (tertiary/aromatic N) is 1. The number of hydrogen-bond donors (Lipinski definition) is 1. The van der Waals surface area contributed by atoms with Gasteiger partial charge in [-0.3, -0.25) is 9.78 Å². The van der Waals surface area contributed by atoms with Gasteiger partial charge >= 0.3 is 0 Å². The lowest BCUT2D eigenvalue weighted by atomic mass is 10.1. The van der Waals surface area contributed by atoms with Gasteiger partial charge in [0.05, 0.1) is 0 Å². The SMILES string of the molecule is CC(CNC=O)Cc1cc(Br)ccn1. The van der Waals surface area contributed by atoms with Crippen molar-refractivity contribution in [2.45, 2.75) is 13.3 Å². The fraction of sp³-hybridized carbons (Fsp3) is 0.400. The highest BCUT2D eigenvalue weighted by atomic mass is 79.9. The second-order valence-electron chi connectivity index (χ2n) is 3.30. The molecule has 3 nitrogen and oxygen atoms in total. The van der Waals surface area contributed by atoms with E-state index >= 15 is 0 Å². The predicted molar refractivity (Wildman–Crippen MR) is 58.9 cm³/mol. The molecule has 76 valence electrons. The van der Waals surface area contributed by atoms with Crippen molar-refractivity contribution in [3.8, 4) is 0 Å². The van der Waals surface area contributed by atoms with E-state index in [0.717, 1.165) is 23.0 Å². The molecule has 1 rings (SSSR count). The summed E-state index contributed by atoms with van der Waals surface area (Å²) in [6, 6.07) is 3.90. The minimum atomic E-state index is 0.405. The van der Waals surface area contributed by atoms with Crippen molar-refractivity contribution in [1.29, 1.82) is 0 Å². The molecule has 0 aliphatic carbocycles. The molecule has 0 saturated heterocycles. The first kappa shape index (κ1) is 11.2. The summed E-state index contributed by atoms with van der Waals surface area (Å²) in [5.41, 5.74) is 1.04. The minimum Gasteiger partial charge on any atom is -0.358 e. The van der Waals surface area contributed by atoms with Crippen LogP contribution in [0.25, 0.3) is 0 Å². The monoisotopic (exact) mass is 256 g/mol. The third-order valence-electron chi connectivity index (χ3n) is 1.89. The molecule has 0 radical (unpaired) electrons. The van der Waals surface area contributed by atoms with Crippen molar-refractivity contribution >= 4 is 22.3 Å². The molecule has 0 aliphatic heterocycles. The number of carbonyl (C=O) groups is 1. The van der Waals surface area contributed by atoms with Crippen LogP contribution in [0.15, 0.2) is 22.8 Å². The summed E-state index contributed by atoms with van der Waals surface area (Å²) in [6.07, 6.45) is 3.38. The number of rotatable bonds is 5. The van der Waals surface area contributed by atoms with Crippen LogP contribution in [-0.4, -0.2) is 17.9 Å². The molecule has 1 atom stereocenters. The van der Waals surface area contributed by atoms with Crippen LogP contribution in [0.4, 0.5) is 0 Å². The predicted octanol–water partition coefficient (Wildman–Crippen LogP) is 1.77. The Bertz CT molecular complexity index is 304. The summed E-state index contributed by atoms with van der Waals surface area (Å²) >= 11 is 3.39. The quantitative estimate of drug-likeness (QED) is 0.817. The van der Waals surface area contributed by atoms with Crippen molar-refractivity contribution < 1.29 is 4.79 Å². The van der Waals surface area contributed by atoms with Crippen LogP contribution in [-0.2, 0) is 11.2 Å². The van der Waals surface area contributed by atoms with E-state index in [1.807, 2.05) is 12.1 Å². The fourth-order valence-electron chi connectivity index (χ4n) is 1.24. The lowest BCUT2D eigenvalue weighted by molar-refractivity contribution is -0.109. The van der Waals surface area contributed by atoms with Crippen LogP contribution in [0, 0.1) is 5.92 Å². The van der Waals surface area contributed by atoms with E-state index < -0.39 is 0 Å². The molecule has 1 aromatic heterocycles. The molecule has 1 N–H and O–H groups in total. The zero-order valence-corrected chi connectivity index (χ0v) is 9.62. The Morgan fingerprint density at radius 1 is 1.71 bits per heavy atom. The number of nitrogens with one attached hydrogen (secondary N) is 1. The van der Waals surface area contributed by atoms with E-state index in [-0.39, 0.29) is 0 Å². The van der Waals surface area contributed by atoms with Crippen LogP contribution < -0.4 is 5.32 Å². The van der Waals surface area contributed by atoms with Crippen molar-refractivity contribution in [3.05, 3.63) is 28.5 Å². The van der Waals surface area contributed by atoms with E-state index in [2.05, 4.69) is 33.2 Å². The fourth-order valence-corrected chi connectivity index (χ4v) is 1.62. The molecule has 0 spiro atoms. The highest BCUT2D eigenvalue weighted by Crippen LogP contribution is 2.12. The van der Waals surface area contributed by atoms with Gasteiger partial charge in [0.25, 0.3) is 0 Å². The minimum absolute atomic E-state index is 0.405. The molecule has 0 bridgehead atoms. The topological polar surface area (TPSA) is 42.0 Å². The Morgan fingerprint density at radius 3 is 3.14 bits per heavy atom. The van der Waals surface area contributed by atoms with E-state index in [9.17, 15) is 4.79 Å². The molecule has 1 unspecified atom stereocenters. The molecule has 0 aromatic carbocycles. The van der Waals surface area contributed by atoms with Crippen molar-refractivity contribution in [2.75, 3.05) is 6.54 Å². The third-order valence-corrected chi connectivity index (χ3v) is 2.38. The maximum absolute atomic E-state index is 10.1. The van der Waals surface area contributed by atoms with Crippen molar-refractivity contribution in [2.24, 2.45) is 5.92 Å². The second-order valence-corrected chi connectivity index (χ2v) is 4.22. The maximum Gasteiger partial charge on any atom is 0.207 e. The van der Waals surface area contributed by atoms with Gasteiger partial charge < -0.3 is 5.32 Å². The molecule has 1 amide bonds. The summed E-state index contributed by atoms with van der Waals surface area (Å²) in [6.45, 7) is 2.77. The van der Waals surface area contributed by atoms with Gasteiger partial charge in [-0.15, -0.1) is 0 Å². The smallest absolute Gasteiger partial charge is 0.207 e. The van der Waals surface area contributed by atoms with E-state index in [1.165, 1.54) is 0 Å². The number of pyridine rings is 1. The van der Waals surface area contributed by atoms with E-state index in [0.29, 0.717) is 12.5 Å². The second kappa shape index (κ2) is 5.75. The standard InChI is InChI=1S/C10H13BrN2O/c1-8(6-12-7-14)4-10-5-9(11)2-3-13-10/h2-3,5,7-8H,4,6H2,1H3,(H,12,14). The van der Waals surface area contributed by atoms with Gasteiger partial charge in [-0.1, -0.05) is 22.9 Å². The highest BCUT2D eigenvalue weighted by Gasteiger charge is 2.04. The number of halogens is 1. The summed E-state index contributed by atoms with van der Waals surface area (Å²) < 4.78 is 1.04. The Balaban J connectivity index is 2.47. The van der Waals surface area contributed by atoms with Gasteiger partial charge in [-0.2, -0.15) is 0 Å². The zero-order chi connectivity index (χ0) is 10.4. The average Bonchev–Trinajstić information content (AvgIpc) is 2.15. The van der Waals surface area contributed by atoms with E-state index in [4.69, 9.17) is 0 Å². The maximum atomic E-state index is 10.1. The largest absolute Gasteiger partial charge is 0.358 e. The average molecular weight is 257 g/mol. The first-order valence-electron chi connectivity index (χ1n) is 4.50. The molecule has 0 fully saturated rings. The van der Waals surface area contributed by atoms with Gasteiger partial charge in [0.1, 0.15) is 0 Å². The van der Waals surface area contributed by atoms with Crippen LogP contribution in [0.1, 0.15) is 12.6 Å². The number of hydrogen-bond acceptors (Lipinski definition) is 2. The first-order chi connectivity index (χ1) is 6.72. The van der Waals surface area contributed by atoms with Gasteiger partial charge in [0.2, 0.25) is 6.41 Å². The Kier molecular flexibility index (Phi) is 4.59. The summed E-state index contributed by atoms with van der Waals surface area (Å²) in [5.74, 6) is 0.405. The molecule has 1 heterocycles. The first-order valence-corrected chi connectivity index (χ1v) is 5.29. The molecule has 1 aromatic rings. The van der Waals surface area contributed by atoms with Crippen LogP contribution in [0.5, 0.6) is 0 Å². The molecule has 0 saturated carbocycles. The molecule has 0 aliphatic rings. The lowest BCUT2D eigenvalue weighted by Gasteiger charge is -2.09. The number of aromatic nitrogens is 1. The molecular weight excluding hydrogens is 244 g/mol. The summed E-state index contributed by atoms with van der Waals surface area (Å²) in [7, 11) is 0. The van der Waals surface area contributed by atoms with E-state index in [1.54, 1.807) is 6.20 Å². The van der Waals surface area contributed by atoms with Crippen LogP contribution in [0.2, 0.25) is 0 Å². The normalized spacial score (nSPS) is 12.1. The van der Waals surface area contributed by atoms with Crippen molar-refractivity contribution in [3.63, 3.8) is 0 Å². The van der Waals surface area contributed by atoms with Gasteiger partial charge in [0, 0.05) is 22.9 Å². The van der Waals surface area contributed by atoms with Gasteiger partial charge in [-0.25, -0.2) is 0 Å². The molecule has 4 heteroatoms. The molecule has 14 heavy (non-hydrogen) atoms. The van der Waals surface area contributed by atoms with Gasteiger partial charge in [0.15, 0.2) is 0 Å². The Labute approximate surface area is 92.1 Å². The zero-order valence-electron chi connectivity index (χ0n) is 8.03. The van der Waals surface area contributed by atoms with Crippen molar-refractivity contribution in [1.82, 2.24) is 10.3 Å². The Hall–Kier alpha value is -0.900.